The highest BCUT2D eigenvalue weighted by Gasteiger charge is 2.39. The van der Waals surface area contributed by atoms with Gasteiger partial charge in [-0.1, -0.05) is 6.42 Å². The van der Waals surface area contributed by atoms with E-state index < -0.39 is 0 Å². The zero-order valence-corrected chi connectivity index (χ0v) is 10.1. The standard InChI is InChI=1S/C12H16ClN3/c13-11-14-7-2-10(15-11)16-8-5-12(6-9-16)3-1-4-12/h2,7H,1,3-6,8-9H2. The summed E-state index contributed by atoms with van der Waals surface area (Å²) in [5.74, 6) is 0.981. The smallest absolute Gasteiger partial charge is 0.224 e. The van der Waals surface area contributed by atoms with Crippen LogP contribution in [-0.4, -0.2) is 23.1 Å². The molecule has 2 heterocycles. The molecule has 1 saturated carbocycles. The molecule has 2 fully saturated rings. The Labute approximate surface area is 101 Å². The van der Waals surface area contributed by atoms with Gasteiger partial charge in [-0.25, -0.2) is 9.97 Å². The minimum Gasteiger partial charge on any atom is -0.356 e. The van der Waals surface area contributed by atoms with E-state index in [0.29, 0.717) is 10.7 Å². The summed E-state index contributed by atoms with van der Waals surface area (Å²) in [5, 5.41) is 0.349. The zero-order chi connectivity index (χ0) is 11.0. The third kappa shape index (κ3) is 1.77. The van der Waals surface area contributed by atoms with Crippen LogP contribution >= 0.6 is 11.6 Å². The van der Waals surface area contributed by atoms with E-state index in [1.54, 1.807) is 6.20 Å². The number of aromatic nitrogens is 2. The van der Waals surface area contributed by atoms with Gasteiger partial charge < -0.3 is 4.90 Å². The third-order valence-electron chi connectivity index (χ3n) is 4.17. The molecule has 0 unspecified atom stereocenters. The predicted octanol–water partition coefficient (Wildman–Crippen LogP) is 2.90. The lowest BCUT2D eigenvalue weighted by atomic mass is 9.63. The normalized spacial score (nSPS) is 23.2. The maximum absolute atomic E-state index is 5.81. The first-order chi connectivity index (χ1) is 7.77. The lowest BCUT2D eigenvalue weighted by Gasteiger charge is -2.48. The molecule has 3 nitrogen and oxygen atoms in total. The van der Waals surface area contributed by atoms with Gasteiger partial charge in [-0.2, -0.15) is 0 Å². The van der Waals surface area contributed by atoms with Gasteiger partial charge in [-0.3, -0.25) is 0 Å². The van der Waals surface area contributed by atoms with Crippen LogP contribution in [0.5, 0.6) is 0 Å². The second-order valence-corrected chi connectivity index (χ2v) is 5.36. The summed E-state index contributed by atoms with van der Waals surface area (Å²) in [6.07, 6.45) is 8.66. The summed E-state index contributed by atoms with van der Waals surface area (Å²) in [4.78, 5) is 10.5. The molecule has 0 aromatic carbocycles. The van der Waals surface area contributed by atoms with Crippen molar-refractivity contribution in [2.24, 2.45) is 5.41 Å². The summed E-state index contributed by atoms with van der Waals surface area (Å²) < 4.78 is 0. The van der Waals surface area contributed by atoms with E-state index in [0.717, 1.165) is 18.9 Å². The summed E-state index contributed by atoms with van der Waals surface area (Å²) >= 11 is 5.81. The molecule has 1 spiro atoms. The van der Waals surface area contributed by atoms with Crippen LogP contribution in [0.2, 0.25) is 5.28 Å². The minimum absolute atomic E-state index is 0.349. The van der Waals surface area contributed by atoms with Gasteiger partial charge in [-0.05, 0) is 48.8 Å². The van der Waals surface area contributed by atoms with Crippen molar-refractivity contribution in [2.45, 2.75) is 32.1 Å². The first-order valence-corrected chi connectivity index (χ1v) is 6.39. The van der Waals surface area contributed by atoms with Gasteiger partial charge in [0, 0.05) is 19.3 Å². The van der Waals surface area contributed by atoms with Gasteiger partial charge in [-0.15, -0.1) is 0 Å². The highest BCUT2D eigenvalue weighted by molar-refractivity contribution is 6.28. The van der Waals surface area contributed by atoms with E-state index in [1.807, 2.05) is 6.07 Å². The van der Waals surface area contributed by atoms with Crippen molar-refractivity contribution in [2.75, 3.05) is 18.0 Å². The van der Waals surface area contributed by atoms with Gasteiger partial charge >= 0.3 is 0 Å². The number of rotatable bonds is 1. The van der Waals surface area contributed by atoms with Crippen LogP contribution in [0.25, 0.3) is 0 Å². The molecular weight excluding hydrogens is 222 g/mol. The average molecular weight is 238 g/mol. The lowest BCUT2D eigenvalue weighted by molar-refractivity contribution is 0.0953. The van der Waals surface area contributed by atoms with Crippen molar-refractivity contribution < 1.29 is 0 Å². The molecule has 16 heavy (non-hydrogen) atoms. The fourth-order valence-electron chi connectivity index (χ4n) is 2.89. The van der Waals surface area contributed by atoms with Crippen LogP contribution < -0.4 is 4.90 Å². The highest BCUT2D eigenvalue weighted by Crippen LogP contribution is 2.49. The van der Waals surface area contributed by atoms with Crippen LogP contribution in [0.15, 0.2) is 12.3 Å². The van der Waals surface area contributed by atoms with Crippen LogP contribution in [0.4, 0.5) is 5.82 Å². The first kappa shape index (κ1) is 10.3. The number of hydrogen-bond donors (Lipinski definition) is 0. The largest absolute Gasteiger partial charge is 0.356 e. The van der Waals surface area contributed by atoms with Crippen LogP contribution in [0, 0.1) is 5.41 Å². The molecule has 2 aliphatic rings. The summed E-state index contributed by atoms with van der Waals surface area (Å²) in [6, 6.07) is 1.95. The second kappa shape index (κ2) is 3.88. The Bertz CT molecular complexity index is 380. The van der Waals surface area contributed by atoms with E-state index in [2.05, 4.69) is 14.9 Å². The topological polar surface area (TPSA) is 29.0 Å². The lowest BCUT2D eigenvalue weighted by Crippen LogP contribution is -2.43. The number of hydrogen-bond acceptors (Lipinski definition) is 3. The number of anilines is 1. The first-order valence-electron chi connectivity index (χ1n) is 6.01. The van der Waals surface area contributed by atoms with E-state index in [9.17, 15) is 0 Å². The SMILES string of the molecule is Clc1nccc(N2CCC3(CCC3)CC2)n1. The summed E-state index contributed by atoms with van der Waals surface area (Å²) in [5.41, 5.74) is 0.688. The molecule has 3 rings (SSSR count). The van der Waals surface area contributed by atoms with Crippen molar-refractivity contribution >= 4 is 17.4 Å². The Morgan fingerprint density at radius 1 is 1.19 bits per heavy atom. The van der Waals surface area contributed by atoms with Gasteiger partial charge in [0.05, 0.1) is 0 Å². The number of piperidine rings is 1. The Hall–Kier alpha value is -0.830. The molecular formula is C12H16ClN3. The fourth-order valence-corrected chi connectivity index (χ4v) is 3.03. The van der Waals surface area contributed by atoms with E-state index in [-0.39, 0.29) is 0 Å². The van der Waals surface area contributed by atoms with Crippen molar-refractivity contribution in [3.8, 4) is 0 Å². The van der Waals surface area contributed by atoms with E-state index in [1.165, 1.54) is 32.1 Å². The van der Waals surface area contributed by atoms with Crippen molar-refractivity contribution in [1.82, 2.24) is 9.97 Å². The summed E-state index contributed by atoms with van der Waals surface area (Å²) in [7, 11) is 0. The Morgan fingerprint density at radius 2 is 1.94 bits per heavy atom. The number of nitrogens with zero attached hydrogens (tertiary/aromatic N) is 3. The Kier molecular flexibility index (Phi) is 2.51. The average Bonchev–Trinajstić information content (AvgIpc) is 2.27. The maximum Gasteiger partial charge on any atom is 0.224 e. The molecule has 0 radical (unpaired) electrons. The molecule has 0 bridgehead atoms. The fraction of sp³-hybridized carbons (Fsp3) is 0.667. The van der Waals surface area contributed by atoms with Crippen molar-refractivity contribution in [3.05, 3.63) is 17.5 Å². The Morgan fingerprint density at radius 3 is 2.50 bits per heavy atom. The minimum atomic E-state index is 0.349. The van der Waals surface area contributed by atoms with Gasteiger partial charge in [0.25, 0.3) is 0 Å². The van der Waals surface area contributed by atoms with Crippen LogP contribution in [0.3, 0.4) is 0 Å². The van der Waals surface area contributed by atoms with E-state index in [4.69, 9.17) is 11.6 Å². The highest BCUT2D eigenvalue weighted by atomic mass is 35.5. The van der Waals surface area contributed by atoms with Crippen molar-refractivity contribution in [3.63, 3.8) is 0 Å². The maximum atomic E-state index is 5.81. The molecule has 0 N–H and O–H groups in total. The third-order valence-corrected chi connectivity index (χ3v) is 4.36. The molecule has 1 aromatic rings. The predicted molar refractivity (Wildman–Crippen MR) is 64.8 cm³/mol. The monoisotopic (exact) mass is 237 g/mol. The number of halogens is 1. The molecule has 1 aliphatic heterocycles. The molecule has 0 amide bonds. The second-order valence-electron chi connectivity index (χ2n) is 5.02. The summed E-state index contributed by atoms with van der Waals surface area (Å²) in [6.45, 7) is 2.24. The van der Waals surface area contributed by atoms with Gasteiger partial charge in [0.1, 0.15) is 5.82 Å². The zero-order valence-electron chi connectivity index (χ0n) is 9.32. The quantitative estimate of drug-likeness (QED) is 0.704. The van der Waals surface area contributed by atoms with Crippen LogP contribution in [-0.2, 0) is 0 Å². The van der Waals surface area contributed by atoms with Crippen molar-refractivity contribution in [1.29, 1.82) is 0 Å². The van der Waals surface area contributed by atoms with E-state index >= 15 is 0 Å². The van der Waals surface area contributed by atoms with Gasteiger partial charge in [0.2, 0.25) is 5.28 Å². The molecule has 4 heteroatoms. The molecule has 0 atom stereocenters. The molecule has 1 aromatic heterocycles. The molecule has 86 valence electrons. The van der Waals surface area contributed by atoms with Crippen LogP contribution in [0.1, 0.15) is 32.1 Å². The molecule has 1 saturated heterocycles. The Balaban J connectivity index is 1.69. The molecule has 1 aliphatic carbocycles. The van der Waals surface area contributed by atoms with Gasteiger partial charge in [0.15, 0.2) is 0 Å².